The van der Waals surface area contributed by atoms with Crippen molar-refractivity contribution in [3.8, 4) is 11.5 Å². The SMILES string of the molecule is Cc1cc(Cl)nc(-c2cc(N(C)C)ccn2)n1. The van der Waals surface area contributed by atoms with Crippen molar-refractivity contribution in [1.29, 1.82) is 0 Å². The summed E-state index contributed by atoms with van der Waals surface area (Å²) in [5.41, 5.74) is 2.61. The second kappa shape index (κ2) is 4.67. The zero-order valence-electron chi connectivity index (χ0n) is 9.98. The highest BCUT2D eigenvalue weighted by Gasteiger charge is 2.06. The second-order valence-corrected chi connectivity index (χ2v) is 4.34. The molecule has 0 spiro atoms. The van der Waals surface area contributed by atoms with Crippen molar-refractivity contribution >= 4 is 17.3 Å². The summed E-state index contributed by atoms with van der Waals surface area (Å²) in [5.74, 6) is 0.554. The molecular weight excluding hydrogens is 236 g/mol. The van der Waals surface area contributed by atoms with Gasteiger partial charge in [-0.25, -0.2) is 9.97 Å². The molecule has 0 fully saturated rings. The van der Waals surface area contributed by atoms with Crippen molar-refractivity contribution in [1.82, 2.24) is 15.0 Å². The third-order valence-corrected chi connectivity index (χ3v) is 2.51. The number of nitrogens with zero attached hydrogens (tertiary/aromatic N) is 4. The standard InChI is InChI=1S/C12H13ClN4/c1-8-6-11(13)16-12(15-8)10-7-9(17(2)3)4-5-14-10/h4-7H,1-3H3. The van der Waals surface area contributed by atoms with Crippen molar-refractivity contribution in [2.24, 2.45) is 0 Å². The third kappa shape index (κ3) is 2.71. The van der Waals surface area contributed by atoms with Crippen molar-refractivity contribution in [3.05, 3.63) is 35.2 Å². The summed E-state index contributed by atoms with van der Waals surface area (Å²) in [6.07, 6.45) is 1.74. The van der Waals surface area contributed by atoms with Crippen LogP contribution in [0.1, 0.15) is 5.69 Å². The van der Waals surface area contributed by atoms with E-state index in [1.807, 2.05) is 38.1 Å². The van der Waals surface area contributed by atoms with E-state index < -0.39 is 0 Å². The Morgan fingerprint density at radius 2 is 1.94 bits per heavy atom. The zero-order chi connectivity index (χ0) is 12.4. The van der Waals surface area contributed by atoms with E-state index >= 15 is 0 Å². The Hall–Kier alpha value is -1.68. The van der Waals surface area contributed by atoms with Gasteiger partial charge in [0.25, 0.3) is 0 Å². The molecule has 17 heavy (non-hydrogen) atoms. The molecule has 0 aromatic carbocycles. The van der Waals surface area contributed by atoms with Crippen LogP contribution in [0.15, 0.2) is 24.4 Å². The molecule has 0 amide bonds. The fourth-order valence-corrected chi connectivity index (χ4v) is 1.70. The normalized spacial score (nSPS) is 10.4. The molecule has 0 N–H and O–H groups in total. The topological polar surface area (TPSA) is 41.9 Å². The summed E-state index contributed by atoms with van der Waals surface area (Å²) in [4.78, 5) is 14.8. The van der Waals surface area contributed by atoms with Gasteiger partial charge in [0.1, 0.15) is 10.8 Å². The van der Waals surface area contributed by atoms with Crippen molar-refractivity contribution < 1.29 is 0 Å². The van der Waals surface area contributed by atoms with E-state index in [1.165, 1.54) is 0 Å². The highest BCUT2D eigenvalue weighted by Crippen LogP contribution is 2.20. The van der Waals surface area contributed by atoms with Gasteiger partial charge in [0.15, 0.2) is 5.82 Å². The minimum atomic E-state index is 0.435. The molecule has 0 aliphatic rings. The largest absolute Gasteiger partial charge is 0.378 e. The lowest BCUT2D eigenvalue weighted by Gasteiger charge is -2.12. The number of aromatic nitrogens is 3. The van der Waals surface area contributed by atoms with Crippen LogP contribution in [0.25, 0.3) is 11.5 Å². The first-order chi connectivity index (χ1) is 8.06. The molecule has 2 heterocycles. The maximum atomic E-state index is 5.91. The van der Waals surface area contributed by atoms with Crippen molar-refractivity contribution in [3.63, 3.8) is 0 Å². The minimum absolute atomic E-state index is 0.435. The fourth-order valence-electron chi connectivity index (χ4n) is 1.46. The Bertz CT molecular complexity index is 520. The third-order valence-electron chi connectivity index (χ3n) is 2.31. The smallest absolute Gasteiger partial charge is 0.179 e. The Kier molecular flexibility index (Phi) is 3.24. The number of anilines is 1. The molecule has 88 valence electrons. The van der Waals surface area contributed by atoms with Gasteiger partial charge in [-0.3, -0.25) is 4.98 Å². The average molecular weight is 249 g/mol. The van der Waals surface area contributed by atoms with E-state index in [-0.39, 0.29) is 0 Å². The minimum Gasteiger partial charge on any atom is -0.378 e. The molecule has 5 heteroatoms. The first-order valence-electron chi connectivity index (χ1n) is 5.21. The van der Waals surface area contributed by atoms with Gasteiger partial charge in [-0.15, -0.1) is 0 Å². The van der Waals surface area contributed by atoms with Crippen LogP contribution in [0, 0.1) is 6.92 Å². The Morgan fingerprint density at radius 3 is 2.59 bits per heavy atom. The molecule has 2 aromatic rings. The van der Waals surface area contributed by atoms with Gasteiger partial charge in [0.2, 0.25) is 0 Å². The predicted octanol–water partition coefficient (Wildman–Crippen LogP) is 2.57. The summed E-state index contributed by atoms with van der Waals surface area (Å²) >= 11 is 5.91. The van der Waals surface area contributed by atoms with Crippen LogP contribution in [0.2, 0.25) is 5.15 Å². The Labute approximate surface area is 105 Å². The predicted molar refractivity (Wildman–Crippen MR) is 69.3 cm³/mol. The van der Waals surface area contributed by atoms with Crippen molar-refractivity contribution in [2.45, 2.75) is 6.92 Å². The molecule has 4 nitrogen and oxygen atoms in total. The summed E-state index contributed by atoms with van der Waals surface area (Å²) in [7, 11) is 3.95. The molecule has 0 saturated carbocycles. The number of hydrogen-bond acceptors (Lipinski definition) is 4. The Morgan fingerprint density at radius 1 is 1.18 bits per heavy atom. The number of aryl methyl sites for hydroxylation is 1. The van der Waals surface area contributed by atoms with E-state index in [4.69, 9.17) is 11.6 Å². The molecule has 2 aromatic heterocycles. The van der Waals surface area contributed by atoms with Gasteiger partial charge in [-0.05, 0) is 25.1 Å². The quantitative estimate of drug-likeness (QED) is 0.766. The molecule has 0 unspecified atom stereocenters. The van der Waals surface area contributed by atoms with Crippen LogP contribution in [-0.4, -0.2) is 29.0 Å². The van der Waals surface area contributed by atoms with Gasteiger partial charge in [0.05, 0.1) is 0 Å². The first kappa shape index (κ1) is 11.8. The first-order valence-corrected chi connectivity index (χ1v) is 5.59. The molecular formula is C12H13ClN4. The summed E-state index contributed by atoms with van der Waals surface area (Å²) < 4.78 is 0. The Balaban J connectivity index is 2.49. The van der Waals surface area contributed by atoms with Crippen LogP contribution in [0.4, 0.5) is 5.69 Å². The average Bonchev–Trinajstić information content (AvgIpc) is 2.28. The van der Waals surface area contributed by atoms with Gasteiger partial charge >= 0.3 is 0 Å². The molecule has 0 atom stereocenters. The monoisotopic (exact) mass is 248 g/mol. The zero-order valence-corrected chi connectivity index (χ0v) is 10.7. The fraction of sp³-hybridized carbons (Fsp3) is 0.250. The highest BCUT2D eigenvalue weighted by molar-refractivity contribution is 6.29. The van der Waals surface area contributed by atoms with Gasteiger partial charge < -0.3 is 4.90 Å². The maximum Gasteiger partial charge on any atom is 0.179 e. The summed E-state index contributed by atoms with van der Waals surface area (Å²) in [6, 6.07) is 5.59. The molecule has 2 rings (SSSR count). The van der Waals surface area contributed by atoms with Crippen LogP contribution in [-0.2, 0) is 0 Å². The molecule has 0 radical (unpaired) electrons. The highest BCUT2D eigenvalue weighted by atomic mass is 35.5. The molecule has 0 aliphatic carbocycles. The van der Waals surface area contributed by atoms with Gasteiger partial charge in [-0.2, -0.15) is 0 Å². The van der Waals surface area contributed by atoms with Crippen molar-refractivity contribution in [2.75, 3.05) is 19.0 Å². The lowest BCUT2D eigenvalue weighted by atomic mass is 10.3. The molecule has 0 saturated heterocycles. The summed E-state index contributed by atoms with van der Waals surface area (Å²) in [6.45, 7) is 1.88. The van der Waals surface area contributed by atoms with E-state index in [9.17, 15) is 0 Å². The van der Waals surface area contributed by atoms with Crippen LogP contribution >= 0.6 is 11.6 Å². The van der Waals surface area contributed by atoms with E-state index in [0.29, 0.717) is 11.0 Å². The lowest BCUT2D eigenvalue weighted by molar-refractivity contribution is 1.08. The molecule has 0 aliphatic heterocycles. The maximum absolute atomic E-state index is 5.91. The van der Waals surface area contributed by atoms with E-state index in [0.717, 1.165) is 17.1 Å². The second-order valence-electron chi connectivity index (χ2n) is 3.95. The van der Waals surface area contributed by atoms with Gasteiger partial charge in [0, 0.05) is 31.7 Å². The van der Waals surface area contributed by atoms with Crippen LogP contribution in [0.3, 0.4) is 0 Å². The van der Waals surface area contributed by atoms with Crippen LogP contribution in [0.5, 0.6) is 0 Å². The summed E-state index contributed by atoms with van der Waals surface area (Å²) in [5, 5.41) is 0.435. The number of halogens is 1. The van der Waals surface area contributed by atoms with E-state index in [1.54, 1.807) is 12.3 Å². The number of hydrogen-bond donors (Lipinski definition) is 0. The van der Waals surface area contributed by atoms with E-state index in [2.05, 4.69) is 15.0 Å². The number of rotatable bonds is 2. The number of pyridine rings is 1. The molecule has 0 bridgehead atoms. The lowest BCUT2D eigenvalue weighted by Crippen LogP contribution is -2.09. The van der Waals surface area contributed by atoms with Crippen LogP contribution < -0.4 is 4.90 Å². The van der Waals surface area contributed by atoms with Gasteiger partial charge in [-0.1, -0.05) is 11.6 Å².